The van der Waals surface area contributed by atoms with Crippen molar-refractivity contribution in [3.63, 3.8) is 0 Å². The van der Waals surface area contributed by atoms with Gasteiger partial charge in [0.25, 0.3) is 0 Å². The second-order valence-corrected chi connectivity index (χ2v) is 2.66. The number of hydrogen-bond donors (Lipinski definition) is 1. The molecule has 1 aromatic heterocycles. The molecular weight excluding hydrogens is 150 g/mol. The Hall–Kier alpha value is -0.540. The van der Waals surface area contributed by atoms with Crippen LogP contribution in [0.15, 0.2) is 6.20 Å². The molecule has 0 spiro atoms. The van der Waals surface area contributed by atoms with E-state index in [1.54, 1.807) is 17.9 Å². The number of aromatic nitrogens is 2. The molecular formula is C6H10ClN3. The van der Waals surface area contributed by atoms with E-state index in [0.29, 0.717) is 5.15 Å². The van der Waals surface area contributed by atoms with E-state index >= 15 is 0 Å². The van der Waals surface area contributed by atoms with Crippen LogP contribution >= 0.6 is 11.6 Å². The van der Waals surface area contributed by atoms with Crippen molar-refractivity contribution in [2.45, 2.75) is 13.0 Å². The Labute approximate surface area is 64.8 Å². The predicted molar refractivity (Wildman–Crippen MR) is 40.8 cm³/mol. The molecule has 1 heterocycles. The Morgan fingerprint density at radius 3 is 2.60 bits per heavy atom. The van der Waals surface area contributed by atoms with Crippen molar-refractivity contribution in [1.82, 2.24) is 9.78 Å². The van der Waals surface area contributed by atoms with Crippen LogP contribution in [-0.4, -0.2) is 9.78 Å². The molecule has 1 atom stereocenters. The lowest BCUT2D eigenvalue weighted by molar-refractivity contribution is 0.763. The van der Waals surface area contributed by atoms with Crippen molar-refractivity contribution in [3.8, 4) is 0 Å². The second kappa shape index (κ2) is 2.60. The molecule has 0 saturated heterocycles. The van der Waals surface area contributed by atoms with E-state index in [1.165, 1.54) is 0 Å². The molecule has 0 radical (unpaired) electrons. The van der Waals surface area contributed by atoms with Crippen molar-refractivity contribution in [3.05, 3.63) is 16.9 Å². The summed E-state index contributed by atoms with van der Waals surface area (Å²) < 4.78 is 1.60. The van der Waals surface area contributed by atoms with Gasteiger partial charge >= 0.3 is 0 Å². The fourth-order valence-electron chi connectivity index (χ4n) is 0.745. The molecule has 2 N–H and O–H groups in total. The third-order valence-electron chi connectivity index (χ3n) is 1.38. The fourth-order valence-corrected chi connectivity index (χ4v) is 1.01. The molecule has 4 heteroatoms. The van der Waals surface area contributed by atoms with Crippen LogP contribution in [0.1, 0.15) is 18.5 Å². The highest BCUT2D eigenvalue weighted by Gasteiger charge is 2.08. The summed E-state index contributed by atoms with van der Waals surface area (Å²) in [7, 11) is 1.79. The molecule has 0 saturated carbocycles. The standard InChI is InChI=1S/C6H10ClN3/c1-4(8)5-3-9-10(2)6(5)7/h3-4H,8H2,1-2H3. The maximum atomic E-state index is 5.82. The normalized spacial score (nSPS) is 13.6. The van der Waals surface area contributed by atoms with Gasteiger partial charge < -0.3 is 5.73 Å². The first-order valence-electron chi connectivity index (χ1n) is 3.06. The van der Waals surface area contributed by atoms with Crippen molar-refractivity contribution in [2.75, 3.05) is 0 Å². The van der Waals surface area contributed by atoms with Gasteiger partial charge in [-0.15, -0.1) is 0 Å². The number of nitrogens with two attached hydrogens (primary N) is 1. The van der Waals surface area contributed by atoms with E-state index in [0.717, 1.165) is 5.56 Å². The summed E-state index contributed by atoms with van der Waals surface area (Å²) in [6.45, 7) is 1.88. The van der Waals surface area contributed by atoms with E-state index in [9.17, 15) is 0 Å². The second-order valence-electron chi connectivity index (χ2n) is 2.30. The van der Waals surface area contributed by atoms with Gasteiger partial charge in [0.1, 0.15) is 5.15 Å². The van der Waals surface area contributed by atoms with Crippen LogP contribution in [0, 0.1) is 0 Å². The lowest BCUT2D eigenvalue weighted by atomic mass is 10.2. The van der Waals surface area contributed by atoms with Gasteiger partial charge in [-0.3, -0.25) is 4.68 Å². The lowest BCUT2D eigenvalue weighted by Crippen LogP contribution is -2.04. The summed E-state index contributed by atoms with van der Waals surface area (Å²) in [5.41, 5.74) is 6.48. The van der Waals surface area contributed by atoms with Gasteiger partial charge in [-0.1, -0.05) is 11.6 Å². The number of rotatable bonds is 1. The third kappa shape index (κ3) is 1.15. The summed E-state index contributed by atoms with van der Waals surface area (Å²) in [5, 5.41) is 4.56. The van der Waals surface area contributed by atoms with E-state index in [-0.39, 0.29) is 6.04 Å². The van der Waals surface area contributed by atoms with Crippen LogP contribution in [0.25, 0.3) is 0 Å². The van der Waals surface area contributed by atoms with Gasteiger partial charge in [-0.2, -0.15) is 5.10 Å². The van der Waals surface area contributed by atoms with Crippen LogP contribution in [0.2, 0.25) is 5.15 Å². The van der Waals surface area contributed by atoms with Gasteiger partial charge in [-0.25, -0.2) is 0 Å². The Bertz CT molecular complexity index is 229. The first-order valence-corrected chi connectivity index (χ1v) is 3.43. The Balaban J connectivity index is 3.05. The average molecular weight is 160 g/mol. The summed E-state index contributed by atoms with van der Waals surface area (Å²) >= 11 is 5.82. The highest BCUT2D eigenvalue weighted by atomic mass is 35.5. The zero-order valence-electron chi connectivity index (χ0n) is 6.00. The molecule has 56 valence electrons. The van der Waals surface area contributed by atoms with E-state index in [2.05, 4.69) is 5.10 Å². The van der Waals surface area contributed by atoms with Gasteiger partial charge in [0.05, 0.1) is 6.20 Å². The van der Waals surface area contributed by atoms with Crippen molar-refractivity contribution >= 4 is 11.6 Å². The van der Waals surface area contributed by atoms with Crippen molar-refractivity contribution < 1.29 is 0 Å². The minimum atomic E-state index is -0.0406. The van der Waals surface area contributed by atoms with Crippen LogP contribution in [0.3, 0.4) is 0 Å². The lowest BCUT2D eigenvalue weighted by Gasteiger charge is -2.00. The van der Waals surface area contributed by atoms with Gasteiger partial charge in [0, 0.05) is 18.7 Å². The van der Waals surface area contributed by atoms with Crippen molar-refractivity contribution in [1.29, 1.82) is 0 Å². The molecule has 0 bridgehead atoms. The minimum absolute atomic E-state index is 0.0406. The van der Waals surface area contributed by atoms with Gasteiger partial charge in [-0.05, 0) is 6.92 Å². The van der Waals surface area contributed by atoms with E-state index in [4.69, 9.17) is 17.3 Å². The fraction of sp³-hybridized carbons (Fsp3) is 0.500. The SMILES string of the molecule is CC(N)c1cnn(C)c1Cl. The van der Waals surface area contributed by atoms with Crippen LogP contribution in [0.4, 0.5) is 0 Å². The van der Waals surface area contributed by atoms with Crippen LogP contribution in [0.5, 0.6) is 0 Å². The molecule has 0 amide bonds. The molecule has 1 unspecified atom stereocenters. The topological polar surface area (TPSA) is 43.8 Å². The maximum absolute atomic E-state index is 5.82. The number of aryl methyl sites for hydroxylation is 1. The van der Waals surface area contributed by atoms with Gasteiger partial charge in [0.15, 0.2) is 0 Å². The monoisotopic (exact) mass is 159 g/mol. The maximum Gasteiger partial charge on any atom is 0.131 e. The molecule has 0 aliphatic carbocycles. The van der Waals surface area contributed by atoms with Crippen molar-refractivity contribution in [2.24, 2.45) is 12.8 Å². The number of halogens is 1. The summed E-state index contributed by atoms with van der Waals surface area (Å²) in [6, 6.07) is -0.0406. The molecule has 0 fully saturated rings. The molecule has 10 heavy (non-hydrogen) atoms. The molecule has 0 aliphatic rings. The molecule has 0 aromatic carbocycles. The predicted octanol–water partition coefficient (Wildman–Crippen LogP) is 1.09. The first-order chi connectivity index (χ1) is 4.63. The summed E-state index contributed by atoms with van der Waals surface area (Å²) in [5.74, 6) is 0. The highest BCUT2D eigenvalue weighted by Crippen LogP contribution is 2.19. The molecule has 1 rings (SSSR count). The Kier molecular flexibility index (Phi) is 1.97. The molecule has 3 nitrogen and oxygen atoms in total. The third-order valence-corrected chi connectivity index (χ3v) is 1.85. The average Bonchev–Trinajstić information content (AvgIpc) is 2.14. The summed E-state index contributed by atoms with van der Waals surface area (Å²) in [4.78, 5) is 0. The van der Waals surface area contributed by atoms with Crippen LogP contribution in [-0.2, 0) is 7.05 Å². The largest absolute Gasteiger partial charge is 0.324 e. The van der Waals surface area contributed by atoms with Crippen LogP contribution < -0.4 is 5.73 Å². The highest BCUT2D eigenvalue weighted by molar-refractivity contribution is 6.30. The zero-order valence-corrected chi connectivity index (χ0v) is 6.76. The zero-order chi connectivity index (χ0) is 7.72. The first kappa shape index (κ1) is 7.57. The smallest absolute Gasteiger partial charge is 0.131 e. The summed E-state index contributed by atoms with van der Waals surface area (Å²) in [6.07, 6.45) is 1.69. The number of hydrogen-bond acceptors (Lipinski definition) is 2. The molecule has 1 aromatic rings. The Morgan fingerprint density at radius 1 is 1.80 bits per heavy atom. The Morgan fingerprint density at radius 2 is 2.40 bits per heavy atom. The number of nitrogens with zero attached hydrogens (tertiary/aromatic N) is 2. The minimum Gasteiger partial charge on any atom is -0.324 e. The quantitative estimate of drug-likeness (QED) is 0.667. The van der Waals surface area contributed by atoms with E-state index < -0.39 is 0 Å². The van der Waals surface area contributed by atoms with E-state index in [1.807, 2.05) is 6.92 Å². The van der Waals surface area contributed by atoms with Gasteiger partial charge in [0.2, 0.25) is 0 Å². The molecule has 0 aliphatic heterocycles.